The van der Waals surface area contributed by atoms with Gasteiger partial charge in [0.2, 0.25) is 16.9 Å². The summed E-state index contributed by atoms with van der Waals surface area (Å²) in [5, 5.41) is 23.6. The zero-order chi connectivity index (χ0) is 26.7. The molecule has 0 spiro atoms. The molecule has 2 amide bonds. The van der Waals surface area contributed by atoms with Crippen LogP contribution in [0.2, 0.25) is 0 Å². The van der Waals surface area contributed by atoms with Crippen LogP contribution >= 0.6 is 11.3 Å². The fourth-order valence-corrected chi connectivity index (χ4v) is 4.65. The summed E-state index contributed by atoms with van der Waals surface area (Å²) in [5.41, 5.74) is 9.65. The van der Waals surface area contributed by atoms with E-state index in [9.17, 15) is 9.59 Å². The number of anilines is 2. The average molecular weight is 530 g/mol. The van der Waals surface area contributed by atoms with Crippen molar-refractivity contribution >= 4 is 34.1 Å². The SMILES string of the molecule is CC(N)c1cccc(CC(=O)Nc2nnc(CCCCc3ccc(NC(=O)Cc4ccccc4)nn3)s2)c1. The van der Waals surface area contributed by atoms with Crippen molar-refractivity contribution in [1.29, 1.82) is 0 Å². The highest BCUT2D eigenvalue weighted by Gasteiger charge is 2.11. The molecule has 0 aliphatic carbocycles. The standard InChI is InChI=1S/C28H31N7O2S/c1-19(29)22-11-7-10-21(16-22)18-26(37)31-28-35-34-27(38-28)13-6-5-12-23-14-15-24(33-32-23)30-25(36)17-20-8-3-2-4-9-20/h2-4,7-11,14-16,19H,5-6,12-13,17-18,29H2,1H3,(H,30,33,36)(H,31,35,37). The number of hydrogen-bond donors (Lipinski definition) is 3. The monoisotopic (exact) mass is 529 g/mol. The maximum absolute atomic E-state index is 12.4. The predicted molar refractivity (Wildman–Crippen MR) is 149 cm³/mol. The molecule has 9 nitrogen and oxygen atoms in total. The summed E-state index contributed by atoms with van der Waals surface area (Å²) in [6.07, 6.45) is 3.91. The van der Waals surface area contributed by atoms with Crippen LogP contribution in [-0.2, 0) is 35.3 Å². The summed E-state index contributed by atoms with van der Waals surface area (Å²) in [6.45, 7) is 1.92. The molecular weight excluding hydrogens is 498 g/mol. The molecule has 4 aromatic rings. The minimum absolute atomic E-state index is 0.0759. The number of nitrogens with two attached hydrogens (primary N) is 1. The van der Waals surface area contributed by atoms with Gasteiger partial charge in [-0.15, -0.1) is 15.3 Å². The lowest BCUT2D eigenvalue weighted by molar-refractivity contribution is -0.116. The molecule has 0 aliphatic heterocycles. The third-order valence-electron chi connectivity index (χ3n) is 5.82. The zero-order valence-corrected chi connectivity index (χ0v) is 22.1. The Labute approximate surface area is 225 Å². The number of aromatic nitrogens is 4. The van der Waals surface area contributed by atoms with Gasteiger partial charge in [0.05, 0.1) is 18.5 Å². The molecule has 1 unspecified atom stereocenters. The average Bonchev–Trinajstić information content (AvgIpc) is 3.35. The molecule has 0 aliphatic rings. The van der Waals surface area contributed by atoms with Gasteiger partial charge in [-0.25, -0.2) is 0 Å². The summed E-state index contributed by atoms with van der Waals surface area (Å²) >= 11 is 1.39. The highest BCUT2D eigenvalue weighted by molar-refractivity contribution is 7.15. The molecule has 10 heteroatoms. The van der Waals surface area contributed by atoms with E-state index < -0.39 is 0 Å². The Balaban J connectivity index is 1.15. The lowest BCUT2D eigenvalue weighted by atomic mass is 10.0. The third-order valence-corrected chi connectivity index (χ3v) is 6.72. The van der Waals surface area contributed by atoms with E-state index >= 15 is 0 Å². The Morgan fingerprint density at radius 2 is 1.55 bits per heavy atom. The molecule has 1 atom stereocenters. The number of amides is 2. The van der Waals surface area contributed by atoms with E-state index in [2.05, 4.69) is 31.0 Å². The molecule has 2 aromatic carbocycles. The third kappa shape index (κ3) is 8.53. The molecule has 0 radical (unpaired) electrons. The summed E-state index contributed by atoms with van der Waals surface area (Å²) < 4.78 is 0. The van der Waals surface area contributed by atoms with E-state index in [-0.39, 0.29) is 24.3 Å². The van der Waals surface area contributed by atoms with Crippen LogP contribution in [0.3, 0.4) is 0 Å². The van der Waals surface area contributed by atoms with E-state index in [1.807, 2.05) is 67.6 Å². The summed E-state index contributed by atoms with van der Waals surface area (Å²) in [7, 11) is 0. The fraction of sp³-hybridized carbons (Fsp3) is 0.286. The van der Waals surface area contributed by atoms with Gasteiger partial charge in [0.25, 0.3) is 0 Å². The highest BCUT2D eigenvalue weighted by Crippen LogP contribution is 2.19. The lowest BCUT2D eigenvalue weighted by Gasteiger charge is -2.07. The smallest absolute Gasteiger partial charge is 0.230 e. The van der Waals surface area contributed by atoms with Gasteiger partial charge in [-0.1, -0.05) is 65.9 Å². The van der Waals surface area contributed by atoms with Gasteiger partial charge < -0.3 is 16.4 Å². The largest absolute Gasteiger partial charge is 0.324 e. The van der Waals surface area contributed by atoms with Crippen molar-refractivity contribution in [3.63, 3.8) is 0 Å². The van der Waals surface area contributed by atoms with Gasteiger partial charge in [-0.2, -0.15) is 5.10 Å². The number of unbranched alkanes of at least 4 members (excludes halogenated alkanes) is 1. The van der Waals surface area contributed by atoms with Crippen molar-refractivity contribution < 1.29 is 9.59 Å². The van der Waals surface area contributed by atoms with E-state index in [4.69, 9.17) is 5.73 Å². The van der Waals surface area contributed by atoms with Crippen molar-refractivity contribution in [1.82, 2.24) is 20.4 Å². The van der Waals surface area contributed by atoms with Crippen LogP contribution in [0.15, 0.2) is 66.7 Å². The fourth-order valence-electron chi connectivity index (χ4n) is 3.85. The van der Waals surface area contributed by atoms with Gasteiger partial charge in [-0.05, 0) is 55.0 Å². The molecule has 0 saturated heterocycles. The second-order valence-corrected chi connectivity index (χ2v) is 10.1. The van der Waals surface area contributed by atoms with E-state index in [0.717, 1.165) is 53.1 Å². The van der Waals surface area contributed by atoms with Gasteiger partial charge in [0.1, 0.15) is 5.01 Å². The first-order chi connectivity index (χ1) is 18.4. The first-order valence-corrected chi connectivity index (χ1v) is 13.4. The number of hydrogen-bond acceptors (Lipinski definition) is 8. The van der Waals surface area contributed by atoms with Gasteiger partial charge in [0.15, 0.2) is 5.82 Å². The van der Waals surface area contributed by atoms with Crippen LogP contribution in [0.5, 0.6) is 0 Å². The summed E-state index contributed by atoms with van der Waals surface area (Å²) in [4.78, 5) is 24.6. The van der Waals surface area contributed by atoms with Crippen molar-refractivity contribution in [2.24, 2.45) is 5.73 Å². The Morgan fingerprint density at radius 1 is 0.816 bits per heavy atom. The van der Waals surface area contributed by atoms with Crippen molar-refractivity contribution in [2.75, 3.05) is 10.6 Å². The number of nitrogens with zero attached hydrogens (tertiary/aromatic N) is 4. The number of benzene rings is 2. The Bertz CT molecular complexity index is 1340. The normalized spacial score (nSPS) is 11.6. The zero-order valence-electron chi connectivity index (χ0n) is 21.3. The number of carbonyl (C=O) groups is 2. The molecule has 0 saturated carbocycles. The molecular formula is C28H31N7O2S. The number of nitrogens with one attached hydrogen (secondary N) is 2. The minimum Gasteiger partial charge on any atom is -0.324 e. The number of rotatable bonds is 12. The lowest BCUT2D eigenvalue weighted by Crippen LogP contribution is -2.15. The number of carbonyl (C=O) groups excluding carboxylic acids is 2. The second kappa shape index (κ2) is 13.5. The first kappa shape index (κ1) is 27.0. The van der Waals surface area contributed by atoms with Crippen LogP contribution < -0.4 is 16.4 Å². The molecule has 2 heterocycles. The minimum atomic E-state index is -0.132. The quantitative estimate of drug-likeness (QED) is 0.233. The van der Waals surface area contributed by atoms with Crippen molar-refractivity contribution in [3.8, 4) is 0 Å². The van der Waals surface area contributed by atoms with E-state index in [1.54, 1.807) is 6.07 Å². The highest BCUT2D eigenvalue weighted by atomic mass is 32.1. The van der Waals surface area contributed by atoms with Gasteiger partial charge in [0, 0.05) is 12.5 Å². The van der Waals surface area contributed by atoms with Crippen LogP contribution in [-0.4, -0.2) is 32.2 Å². The van der Waals surface area contributed by atoms with E-state index in [1.165, 1.54) is 11.3 Å². The van der Waals surface area contributed by atoms with Crippen molar-refractivity contribution in [2.45, 2.75) is 51.5 Å². The maximum Gasteiger partial charge on any atom is 0.230 e. The predicted octanol–water partition coefficient (Wildman–Crippen LogP) is 4.28. The molecule has 0 fully saturated rings. The maximum atomic E-state index is 12.4. The second-order valence-electron chi connectivity index (χ2n) is 9.09. The van der Waals surface area contributed by atoms with Gasteiger partial charge >= 0.3 is 0 Å². The van der Waals surface area contributed by atoms with Crippen LogP contribution in [0.4, 0.5) is 10.9 Å². The van der Waals surface area contributed by atoms with Crippen molar-refractivity contribution in [3.05, 3.63) is 94.1 Å². The molecule has 4 N–H and O–H groups in total. The molecule has 38 heavy (non-hydrogen) atoms. The Kier molecular flexibility index (Phi) is 9.60. The molecule has 4 rings (SSSR count). The molecule has 2 aromatic heterocycles. The van der Waals surface area contributed by atoms with E-state index in [0.29, 0.717) is 17.4 Å². The Hall–Kier alpha value is -4.02. The topological polar surface area (TPSA) is 136 Å². The first-order valence-electron chi connectivity index (χ1n) is 12.6. The summed E-state index contributed by atoms with van der Waals surface area (Å²) in [6, 6.07) is 20.9. The molecule has 196 valence electrons. The van der Waals surface area contributed by atoms with Crippen LogP contribution in [0, 0.1) is 0 Å². The van der Waals surface area contributed by atoms with Crippen LogP contribution in [0.1, 0.15) is 53.2 Å². The van der Waals surface area contributed by atoms with Crippen LogP contribution in [0.25, 0.3) is 0 Å². The number of aryl methyl sites for hydroxylation is 2. The van der Waals surface area contributed by atoms with Gasteiger partial charge in [-0.3, -0.25) is 9.59 Å². The molecule has 0 bridgehead atoms. The Morgan fingerprint density at radius 3 is 2.32 bits per heavy atom. The summed E-state index contributed by atoms with van der Waals surface area (Å²) in [5.74, 6) is 0.189.